The van der Waals surface area contributed by atoms with Crippen molar-refractivity contribution in [3.63, 3.8) is 0 Å². The molecule has 126 valence electrons. The van der Waals surface area contributed by atoms with Crippen LogP contribution in [-0.4, -0.2) is 18.3 Å². The lowest BCUT2D eigenvalue weighted by Gasteiger charge is -2.31. The molecular weight excluding hydrogens is 300 g/mol. The topological polar surface area (TPSA) is 27.7 Å². The first-order chi connectivity index (χ1) is 11.8. The highest BCUT2D eigenvalue weighted by Gasteiger charge is 2.49. The maximum atomic E-state index is 6.44. The van der Waals surface area contributed by atoms with E-state index in [-0.39, 0.29) is 30.5 Å². The first-order valence-corrected chi connectivity index (χ1v) is 8.83. The van der Waals surface area contributed by atoms with Gasteiger partial charge in [0.15, 0.2) is 0 Å². The van der Waals surface area contributed by atoms with Gasteiger partial charge >= 0.3 is 0 Å². The lowest BCUT2D eigenvalue weighted by atomic mass is 9.94. The standard InChI is InChI=1S/C21H24O3/c1-3-18-20(23-14(2)15-9-5-4-6-10-15)21-19(24-18)17-12-8-7-11-16(17)13-22-21/h4-12,14,18-21H,3,13H2,1-2H3/t14?,18-,19-,20+,21+/m1/s1. The Morgan fingerprint density at radius 3 is 2.62 bits per heavy atom. The molecule has 1 saturated heterocycles. The monoisotopic (exact) mass is 324 g/mol. The average molecular weight is 324 g/mol. The maximum absolute atomic E-state index is 6.44. The van der Waals surface area contributed by atoms with Crippen LogP contribution in [0.15, 0.2) is 54.6 Å². The van der Waals surface area contributed by atoms with Gasteiger partial charge in [0.25, 0.3) is 0 Å². The normalized spacial score (nSPS) is 29.8. The lowest BCUT2D eigenvalue weighted by Crippen LogP contribution is -2.37. The van der Waals surface area contributed by atoms with Crippen molar-refractivity contribution in [3.8, 4) is 0 Å². The Bertz CT molecular complexity index is 684. The Labute approximate surface area is 143 Å². The molecule has 4 rings (SSSR count). The summed E-state index contributed by atoms with van der Waals surface area (Å²) < 4.78 is 18.9. The summed E-state index contributed by atoms with van der Waals surface area (Å²) >= 11 is 0. The zero-order valence-corrected chi connectivity index (χ0v) is 14.2. The molecule has 0 N–H and O–H groups in total. The summed E-state index contributed by atoms with van der Waals surface area (Å²) in [5.74, 6) is 0. The number of hydrogen-bond donors (Lipinski definition) is 0. The van der Waals surface area contributed by atoms with Crippen LogP contribution in [-0.2, 0) is 20.8 Å². The van der Waals surface area contributed by atoms with Crippen molar-refractivity contribution in [2.75, 3.05) is 0 Å². The fourth-order valence-corrected chi connectivity index (χ4v) is 3.82. The van der Waals surface area contributed by atoms with Crippen molar-refractivity contribution in [2.45, 2.75) is 57.4 Å². The second-order valence-electron chi connectivity index (χ2n) is 6.63. The molecule has 0 aromatic heterocycles. The third-order valence-electron chi connectivity index (χ3n) is 5.14. The number of fused-ring (bicyclic) bond motifs is 3. The molecule has 0 radical (unpaired) electrons. The summed E-state index contributed by atoms with van der Waals surface area (Å²) in [6, 6.07) is 18.8. The molecule has 0 spiro atoms. The van der Waals surface area contributed by atoms with Crippen LogP contribution >= 0.6 is 0 Å². The van der Waals surface area contributed by atoms with Gasteiger partial charge in [-0.05, 0) is 30.0 Å². The van der Waals surface area contributed by atoms with Crippen LogP contribution in [0.2, 0.25) is 0 Å². The van der Waals surface area contributed by atoms with Crippen LogP contribution in [0.3, 0.4) is 0 Å². The highest BCUT2D eigenvalue weighted by molar-refractivity contribution is 5.32. The predicted octanol–water partition coefficient (Wildman–Crippen LogP) is 4.58. The van der Waals surface area contributed by atoms with Crippen molar-refractivity contribution >= 4 is 0 Å². The highest BCUT2D eigenvalue weighted by Crippen LogP contribution is 2.44. The maximum Gasteiger partial charge on any atom is 0.117 e. The Morgan fingerprint density at radius 2 is 1.83 bits per heavy atom. The summed E-state index contributed by atoms with van der Waals surface area (Å²) in [6.45, 7) is 4.89. The summed E-state index contributed by atoms with van der Waals surface area (Å²) in [5, 5.41) is 0. The minimum absolute atomic E-state index is 0.0205. The summed E-state index contributed by atoms with van der Waals surface area (Å²) in [7, 11) is 0. The van der Waals surface area contributed by atoms with Gasteiger partial charge in [-0.3, -0.25) is 0 Å². The minimum Gasteiger partial charge on any atom is -0.368 e. The number of ether oxygens (including phenoxy) is 3. The molecule has 5 atom stereocenters. The number of hydrogen-bond acceptors (Lipinski definition) is 3. The van der Waals surface area contributed by atoms with Gasteiger partial charge < -0.3 is 14.2 Å². The van der Waals surface area contributed by atoms with E-state index in [1.165, 1.54) is 16.7 Å². The van der Waals surface area contributed by atoms with Gasteiger partial charge in [-0.2, -0.15) is 0 Å². The molecule has 2 aromatic carbocycles. The molecule has 2 aliphatic rings. The van der Waals surface area contributed by atoms with Crippen molar-refractivity contribution in [1.82, 2.24) is 0 Å². The molecular formula is C21H24O3. The van der Waals surface area contributed by atoms with Gasteiger partial charge in [0, 0.05) is 0 Å². The molecule has 24 heavy (non-hydrogen) atoms. The molecule has 0 amide bonds. The van der Waals surface area contributed by atoms with Crippen LogP contribution in [0.1, 0.15) is 49.2 Å². The van der Waals surface area contributed by atoms with E-state index in [9.17, 15) is 0 Å². The molecule has 1 fully saturated rings. The van der Waals surface area contributed by atoms with E-state index < -0.39 is 0 Å². The van der Waals surface area contributed by atoms with Crippen molar-refractivity contribution in [3.05, 3.63) is 71.3 Å². The average Bonchev–Trinajstić information content (AvgIpc) is 3.00. The highest BCUT2D eigenvalue weighted by atomic mass is 16.6. The summed E-state index contributed by atoms with van der Waals surface area (Å²) in [6.07, 6.45) is 0.920. The van der Waals surface area contributed by atoms with Crippen LogP contribution in [0.5, 0.6) is 0 Å². The molecule has 2 aromatic rings. The molecule has 0 aliphatic carbocycles. The van der Waals surface area contributed by atoms with E-state index in [4.69, 9.17) is 14.2 Å². The van der Waals surface area contributed by atoms with Crippen LogP contribution < -0.4 is 0 Å². The Morgan fingerprint density at radius 1 is 1.08 bits per heavy atom. The zero-order valence-electron chi connectivity index (χ0n) is 14.2. The van der Waals surface area contributed by atoms with E-state index in [1.54, 1.807) is 0 Å². The van der Waals surface area contributed by atoms with Crippen LogP contribution in [0.25, 0.3) is 0 Å². The Balaban J connectivity index is 1.57. The predicted molar refractivity (Wildman–Crippen MR) is 92.7 cm³/mol. The fraction of sp³-hybridized carbons (Fsp3) is 0.429. The minimum atomic E-state index is -0.0384. The molecule has 3 nitrogen and oxygen atoms in total. The van der Waals surface area contributed by atoms with Crippen molar-refractivity contribution in [2.24, 2.45) is 0 Å². The van der Waals surface area contributed by atoms with E-state index in [1.807, 2.05) is 18.2 Å². The molecule has 2 heterocycles. The number of benzene rings is 2. The second kappa shape index (κ2) is 6.67. The van der Waals surface area contributed by atoms with Crippen molar-refractivity contribution in [1.29, 1.82) is 0 Å². The fourth-order valence-electron chi connectivity index (χ4n) is 3.82. The Hall–Kier alpha value is -1.68. The molecule has 0 bridgehead atoms. The zero-order chi connectivity index (χ0) is 16.5. The van der Waals surface area contributed by atoms with Gasteiger partial charge in [0.05, 0.1) is 18.8 Å². The molecule has 0 saturated carbocycles. The van der Waals surface area contributed by atoms with Crippen LogP contribution in [0.4, 0.5) is 0 Å². The van der Waals surface area contributed by atoms with Crippen molar-refractivity contribution < 1.29 is 14.2 Å². The SMILES string of the molecule is CC[C@H]1O[C@@H]2c3ccccc3CO[C@@H]2[C@H]1OC(C)c1ccccc1. The van der Waals surface area contributed by atoms with Gasteiger partial charge in [-0.25, -0.2) is 0 Å². The largest absolute Gasteiger partial charge is 0.368 e. The van der Waals surface area contributed by atoms with Gasteiger partial charge in [0.2, 0.25) is 0 Å². The summed E-state index contributed by atoms with van der Waals surface area (Å²) in [5.41, 5.74) is 3.67. The lowest BCUT2D eigenvalue weighted by molar-refractivity contribution is -0.103. The van der Waals surface area contributed by atoms with E-state index in [0.717, 1.165) is 6.42 Å². The summed E-state index contributed by atoms with van der Waals surface area (Å²) in [4.78, 5) is 0. The van der Waals surface area contributed by atoms with E-state index >= 15 is 0 Å². The number of rotatable bonds is 4. The first kappa shape index (κ1) is 15.8. The van der Waals surface area contributed by atoms with E-state index in [0.29, 0.717) is 6.61 Å². The third-order valence-corrected chi connectivity index (χ3v) is 5.14. The van der Waals surface area contributed by atoms with Gasteiger partial charge in [-0.15, -0.1) is 0 Å². The van der Waals surface area contributed by atoms with E-state index in [2.05, 4.69) is 50.2 Å². The van der Waals surface area contributed by atoms with Crippen LogP contribution in [0, 0.1) is 0 Å². The molecule has 2 aliphatic heterocycles. The quantitative estimate of drug-likeness (QED) is 0.824. The molecule has 3 heteroatoms. The van der Waals surface area contributed by atoms with Gasteiger partial charge in [-0.1, -0.05) is 61.5 Å². The smallest absolute Gasteiger partial charge is 0.117 e. The Kier molecular flexibility index (Phi) is 4.40. The second-order valence-corrected chi connectivity index (χ2v) is 6.63. The third kappa shape index (κ3) is 2.77. The van der Waals surface area contributed by atoms with Gasteiger partial charge in [0.1, 0.15) is 18.3 Å². The first-order valence-electron chi connectivity index (χ1n) is 8.83. The molecule has 1 unspecified atom stereocenters.